The van der Waals surface area contributed by atoms with E-state index in [1.165, 1.54) is 28.1 Å². The van der Waals surface area contributed by atoms with Crippen molar-refractivity contribution in [2.75, 3.05) is 28.3 Å². The minimum Gasteiger partial charge on any atom is -0.459 e. The first-order valence-electron chi connectivity index (χ1n) is 18.6. The van der Waals surface area contributed by atoms with Gasteiger partial charge in [-0.1, -0.05) is 27.7 Å². The molecule has 3 aliphatic heterocycles. The number of esters is 1. The summed E-state index contributed by atoms with van der Waals surface area (Å²) in [5, 5.41) is 45.4. The minimum absolute atomic E-state index is 0.0795. The predicted octanol–water partition coefficient (Wildman–Crippen LogP) is 1.98. The standard InChI is InChI=1S/C37H67NO14/c1-15-25-36(9,44)29(41)20(4)26(39)18(2)17-35(8,45-13)31(51-33-27(40)24(38(11)12)16-19(3)47-33)21(5)28(22(6)32(43)49-25)50-34-48-23(7)30(42)37(10,46-14)52-34/h18-25,27-31,33-34,40-42,44H,15-17H2,1-14H3/t18-,19-,20-,21+,22-,23+,24+,25+,27-,28+,29-,30+,31-,33+,34+,35-,36-,37-/m1/s1. The average molecular weight is 750 g/mol. The van der Waals surface area contributed by atoms with Gasteiger partial charge in [0, 0.05) is 38.0 Å². The molecule has 0 unspecified atom stereocenters. The maximum Gasteiger partial charge on any atom is 0.311 e. The Kier molecular flexibility index (Phi) is 15.3. The van der Waals surface area contributed by atoms with Crippen LogP contribution in [0.3, 0.4) is 0 Å². The molecule has 15 heteroatoms. The Morgan fingerprint density at radius 1 is 0.885 bits per heavy atom. The number of cyclic esters (lactones) is 1. The third-order valence-electron chi connectivity index (χ3n) is 11.8. The number of hydrogen-bond acceptors (Lipinski definition) is 15. The zero-order valence-corrected chi connectivity index (χ0v) is 33.6. The number of ketones is 1. The lowest BCUT2D eigenvalue weighted by atomic mass is 9.74. The summed E-state index contributed by atoms with van der Waals surface area (Å²) in [7, 11) is 6.59. The zero-order valence-electron chi connectivity index (χ0n) is 33.6. The fraction of sp³-hybridized carbons (Fsp3) is 0.946. The summed E-state index contributed by atoms with van der Waals surface area (Å²) in [5.41, 5.74) is -3.28. The summed E-state index contributed by atoms with van der Waals surface area (Å²) in [4.78, 5) is 30.0. The summed E-state index contributed by atoms with van der Waals surface area (Å²) in [6.45, 7) is 15.1. The molecule has 0 saturated carbocycles. The van der Waals surface area contributed by atoms with E-state index in [1.54, 1.807) is 48.5 Å². The number of hydrogen-bond donors (Lipinski definition) is 4. The van der Waals surface area contributed by atoms with Crippen LogP contribution >= 0.6 is 0 Å². The number of rotatable bonds is 8. The second-order valence-corrected chi connectivity index (χ2v) is 16.1. The molecule has 52 heavy (non-hydrogen) atoms. The second-order valence-electron chi connectivity index (χ2n) is 16.1. The topological polar surface area (TPSA) is 192 Å². The highest BCUT2D eigenvalue weighted by Gasteiger charge is 2.54. The normalized spacial score (nSPS) is 49.0. The molecule has 3 heterocycles. The predicted molar refractivity (Wildman–Crippen MR) is 188 cm³/mol. The van der Waals surface area contributed by atoms with Gasteiger partial charge >= 0.3 is 5.97 Å². The number of Topliss-reactive ketones (excluding diaryl/α,β-unsaturated/α-hetero) is 1. The quantitative estimate of drug-likeness (QED) is 0.263. The lowest BCUT2D eigenvalue weighted by Gasteiger charge is -2.49. The van der Waals surface area contributed by atoms with E-state index in [9.17, 15) is 30.0 Å². The maximum absolute atomic E-state index is 14.1. The van der Waals surface area contributed by atoms with Crippen molar-refractivity contribution in [2.24, 2.45) is 23.7 Å². The van der Waals surface area contributed by atoms with Crippen LogP contribution in [0.25, 0.3) is 0 Å². The van der Waals surface area contributed by atoms with Crippen molar-refractivity contribution >= 4 is 11.8 Å². The molecular formula is C37H67NO14. The average Bonchev–Trinajstić information content (AvgIpc) is 3.09. The van der Waals surface area contributed by atoms with Crippen LogP contribution < -0.4 is 0 Å². The van der Waals surface area contributed by atoms with Gasteiger partial charge < -0.3 is 58.5 Å². The molecule has 0 bridgehead atoms. The number of nitrogens with zero attached hydrogens (tertiary/aromatic N) is 1. The Balaban J connectivity index is 2.22. The van der Waals surface area contributed by atoms with Gasteiger partial charge in [-0.05, 0) is 74.9 Å². The van der Waals surface area contributed by atoms with E-state index in [0.717, 1.165) is 0 Å². The van der Waals surface area contributed by atoms with Crippen LogP contribution in [0.2, 0.25) is 0 Å². The van der Waals surface area contributed by atoms with Crippen LogP contribution in [-0.2, 0) is 47.5 Å². The molecule has 18 atom stereocenters. The summed E-state index contributed by atoms with van der Waals surface area (Å²) in [6.07, 6.45) is -8.64. The van der Waals surface area contributed by atoms with Crippen molar-refractivity contribution in [1.82, 2.24) is 4.90 Å². The first kappa shape index (κ1) is 45.1. The zero-order chi connectivity index (χ0) is 39.7. The molecule has 0 aliphatic carbocycles. The van der Waals surface area contributed by atoms with Crippen molar-refractivity contribution in [1.29, 1.82) is 0 Å². The molecule has 3 saturated heterocycles. The Hall–Kier alpha value is -1.34. The summed E-state index contributed by atoms with van der Waals surface area (Å²) >= 11 is 0. The highest BCUT2D eigenvalue weighted by Crippen LogP contribution is 2.41. The molecule has 0 aromatic carbocycles. The van der Waals surface area contributed by atoms with E-state index in [1.807, 2.05) is 25.9 Å². The van der Waals surface area contributed by atoms with E-state index >= 15 is 0 Å². The van der Waals surface area contributed by atoms with Crippen molar-refractivity contribution in [3.8, 4) is 0 Å². The first-order chi connectivity index (χ1) is 24.0. The maximum atomic E-state index is 14.1. The van der Waals surface area contributed by atoms with Crippen LogP contribution in [0.4, 0.5) is 0 Å². The molecule has 0 amide bonds. The van der Waals surface area contributed by atoms with Crippen LogP contribution in [0.5, 0.6) is 0 Å². The van der Waals surface area contributed by atoms with Gasteiger partial charge in [0.05, 0.1) is 42.0 Å². The number of likely N-dealkylation sites (N-methyl/N-ethyl adjacent to an activating group) is 1. The summed E-state index contributed by atoms with van der Waals surface area (Å²) in [5.74, 6) is -6.27. The van der Waals surface area contributed by atoms with Crippen LogP contribution in [0.15, 0.2) is 0 Å². The SMILES string of the molecule is CC[C@@H]1OC(=O)[C@H](C)[C@@H](O[C@@H]2O[C@@H](C)[C@H](O)[C@](C)(OC)O2)[C@H](C)[C@@H](O[C@@H]2O[C@H](C)C[C@H](N(C)C)[C@H]2O)[C@](C)(OC)C[C@@H](C)C(=O)[C@@H](C)[C@@H](O)[C@]1(C)O. The Bertz CT molecular complexity index is 1190. The molecule has 4 N–H and O–H groups in total. The Morgan fingerprint density at radius 3 is 2.04 bits per heavy atom. The fourth-order valence-corrected chi connectivity index (χ4v) is 8.14. The van der Waals surface area contributed by atoms with Gasteiger partial charge in [-0.3, -0.25) is 14.3 Å². The van der Waals surface area contributed by atoms with Crippen LogP contribution in [-0.4, -0.2) is 150 Å². The van der Waals surface area contributed by atoms with E-state index in [2.05, 4.69) is 0 Å². The minimum atomic E-state index is -1.99. The van der Waals surface area contributed by atoms with Gasteiger partial charge in [0.15, 0.2) is 12.1 Å². The van der Waals surface area contributed by atoms with Crippen molar-refractivity contribution in [3.05, 3.63) is 0 Å². The van der Waals surface area contributed by atoms with Gasteiger partial charge in [0.1, 0.15) is 29.7 Å². The third-order valence-corrected chi connectivity index (χ3v) is 11.8. The van der Waals surface area contributed by atoms with E-state index in [4.69, 9.17) is 37.9 Å². The Morgan fingerprint density at radius 2 is 1.50 bits per heavy atom. The lowest BCUT2D eigenvalue weighted by molar-refractivity contribution is -0.454. The number of ether oxygens (including phenoxy) is 8. The molecule has 3 aliphatic rings. The van der Waals surface area contributed by atoms with Gasteiger partial charge in [-0.2, -0.15) is 0 Å². The first-order valence-corrected chi connectivity index (χ1v) is 18.6. The molecule has 0 aromatic heterocycles. The van der Waals surface area contributed by atoms with Crippen molar-refractivity contribution < 1.29 is 67.9 Å². The molecule has 3 fully saturated rings. The molecule has 0 radical (unpaired) electrons. The Labute approximate surface area is 309 Å². The lowest BCUT2D eigenvalue weighted by Crippen LogP contribution is -2.62. The number of carbonyl (C=O) groups is 2. The number of aliphatic hydroxyl groups is 4. The molecule has 0 aromatic rings. The van der Waals surface area contributed by atoms with Gasteiger partial charge in [0.25, 0.3) is 6.48 Å². The largest absolute Gasteiger partial charge is 0.459 e. The number of aliphatic hydroxyl groups excluding tert-OH is 3. The van der Waals surface area contributed by atoms with Crippen molar-refractivity contribution in [2.45, 2.75) is 173 Å². The molecular weight excluding hydrogens is 682 g/mol. The smallest absolute Gasteiger partial charge is 0.311 e. The van der Waals surface area contributed by atoms with Gasteiger partial charge in [0.2, 0.25) is 0 Å². The molecule has 304 valence electrons. The number of methoxy groups -OCH3 is 2. The van der Waals surface area contributed by atoms with E-state index < -0.39 is 102 Å². The van der Waals surface area contributed by atoms with Crippen LogP contribution in [0.1, 0.15) is 88.5 Å². The highest BCUT2D eigenvalue weighted by molar-refractivity contribution is 5.83. The second kappa shape index (κ2) is 17.6. The third kappa shape index (κ3) is 9.36. The van der Waals surface area contributed by atoms with Gasteiger partial charge in [-0.25, -0.2) is 0 Å². The van der Waals surface area contributed by atoms with Gasteiger partial charge in [-0.15, -0.1) is 0 Å². The monoisotopic (exact) mass is 749 g/mol. The highest BCUT2D eigenvalue weighted by atomic mass is 16.9. The molecule has 3 rings (SSSR count). The molecule has 15 nitrogen and oxygen atoms in total. The summed E-state index contributed by atoms with van der Waals surface area (Å²) < 4.78 is 49.1. The fourth-order valence-electron chi connectivity index (χ4n) is 8.14. The molecule has 0 spiro atoms. The van der Waals surface area contributed by atoms with E-state index in [-0.39, 0.29) is 30.8 Å². The van der Waals surface area contributed by atoms with E-state index in [0.29, 0.717) is 6.42 Å². The van der Waals surface area contributed by atoms with Crippen molar-refractivity contribution in [3.63, 3.8) is 0 Å². The number of carbonyl (C=O) groups excluding carboxylic acids is 2. The van der Waals surface area contributed by atoms with Crippen LogP contribution in [0, 0.1) is 23.7 Å². The summed E-state index contributed by atoms with van der Waals surface area (Å²) in [6, 6.07) is -0.303.